The predicted molar refractivity (Wildman–Crippen MR) is 108 cm³/mol. The number of aryl methyl sites for hydroxylation is 2. The van der Waals surface area contributed by atoms with Crippen LogP contribution in [0.1, 0.15) is 30.2 Å². The molecule has 0 amide bonds. The van der Waals surface area contributed by atoms with Crippen molar-refractivity contribution < 1.29 is 22.1 Å². The highest BCUT2D eigenvalue weighted by molar-refractivity contribution is 7.99. The van der Waals surface area contributed by atoms with E-state index in [1.807, 2.05) is 0 Å². The van der Waals surface area contributed by atoms with Gasteiger partial charge in [-0.05, 0) is 45.0 Å². The summed E-state index contributed by atoms with van der Waals surface area (Å²) in [7, 11) is -2.07. The van der Waals surface area contributed by atoms with E-state index < -0.39 is 16.1 Å². The Hall–Kier alpha value is -2.44. The molecular weight excluding hydrogens is 433 g/mol. The highest BCUT2D eigenvalue weighted by atomic mass is 32.2. The lowest BCUT2D eigenvalue weighted by molar-refractivity contribution is 0.343. The van der Waals surface area contributed by atoms with E-state index >= 15 is 0 Å². The highest BCUT2D eigenvalue weighted by Crippen LogP contribution is 2.23. The molecule has 162 valence electrons. The van der Waals surface area contributed by atoms with Crippen molar-refractivity contribution in [3.8, 4) is 5.75 Å². The Bertz CT molecular complexity index is 1090. The molecule has 0 saturated carbocycles. The fourth-order valence-electron chi connectivity index (χ4n) is 2.85. The minimum atomic E-state index is -3.83. The third-order valence-corrected chi connectivity index (χ3v) is 6.99. The molecule has 0 aliphatic carbocycles. The van der Waals surface area contributed by atoms with E-state index in [0.717, 1.165) is 0 Å². The number of nitrogens with one attached hydrogen (secondary N) is 1. The lowest BCUT2D eigenvalue weighted by atomic mass is 10.3. The summed E-state index contributed by atoms with van der Waals surface area (Å²) in [6.45, 7) is 5.20. The van der Waals surface area contributed by atoms with Gasteiger partial charge in [-0.1, -0.05) is 16.9 Å². The Morgan fingerprint density at radius 1 is 1.27 bits per heavy atom. The van der Waals surface area contributed by atoms with Crippen LogP contribution in [0.3, 0.4) is 0 Å². The van der Waals surface area contributed by atoms with Crippen LogP contribution in [0.5, 0.6) is 5.75 Å². The normalized spacial score (nSPS) is 12.8. The summed E-state index contributed by atoms with van der Waals surface area (Å²) in [6.07, 6.45) is 0. The lowest BCUT2D eigenvalue weighted by Gasteiger charge is -2.13. The van der Waals surface area contributed by atoms with Crippen molar-refractivity contribution in [2.75, 3.05) is 12.4 Å². The maximum absolute atomic E-state index is 12.9. The topological polar surface area (TPSA) is 112 Å². The van der Waals surface area contributed by atoms with Crippen LogP contribution in [0.2, 0.25) is 0 Å². The Labute approximate surface area is 178 Å². The van der Waals surface area contributed by atoms with E-state index in [1.54, 1.807) is 44.5 Å². The Morgan fingerprint density at radius 3 is 2.60 bits per heavy atom. The summed E-state index contributed by atoms with van der Waals surface area (Å²) >= 11 is 1.42. The van der Waals surface area contributed by atoms with Gasteiger partial charge in [-0.15, -0.1) is 10.2 Å². The van der Waals surface area contributed by atoms with Gasteiger partial charge in [0.25, 0.3) is 0 Å². The van der Waals surface area contributed by atoms with Crippen LogP contribution in [0.25, 0.3) is 0 Å². The number of nitrogens with zero attached hydrogens (tertiary/aromatic N) is 4. The van der Waals surface area contributed by atoms with E-state index in [9.17, 15) is 12.8 Å². The molecule has 30 heavy (non-hydrogen) atoms. The van der Waals surface area contributed by atoms with Crippen LogP contribution in [-0.4, -0.2) is 40.7 Å². The molecule has 0 unspecified atom stereocenters. The number of ether oxygens (including phenoxy) is 1. The largest absolute Gasteiger partial charge is 0.493 e. The van der Waals surface area contributed by atoms with Crippen LogP contribution in [0.15, 0.2) is 38.8 Å². The standard InChI is InChI=1S/C18H22FN5O4S2/c1-11-16(13(3)28-22-11)30(25,26)23-12(2)17-20-21-18(24(17)4)29-10-9-27-15-7-5-14(19)6-8-15/h5-8,12,23H,9-10H2,1-4H3/t12-/m0/s1. The Balaban J connectivity index is 1.59. The second kappa shape index (κ2) is 9.14. The number of sulfonamides is 1. The molecular formula is C18H22FN5O4S2. The number of thioether (sulfide) groups is 1. The summed E-state index contributed by atoms with van der Waals surface area (Å²) < 4.78 is 53.1. The second-order valence-corrected chi connectivity index (χ2v) is 9.26. The number of hydrogen-bond donors (Lipinski definition) is 1. The predicted octanol–water partition coefficient (Wildman–Crippen LogP) is 2.77. The molecule has 0 radical (unpaired) electrons. The fraction of sp³-hybridized carbons (Fsp3) is 0.389. The molecule has 0 spiro atoms. The van der Waals surface area contributed by atoms with Crippen molar-refractivity contribution in [1.29, 1.82) is 0 Å². The minimum absolute atomic E-state index is 0.0315. The molecule has 12 heteroatoms. The third-order valence-electron chi connectivity index (χ3n) is 4.22. The zero-order valence-corrected chi connectivity index (χ0v) is 18.6. The zero-order valence-electron chi connectivity index (χ0n) is 16.9. The highest BCUT2D eigenvalue weighted by Gasteiger charge is 2.28. The van der Waals surface area contributed by atoms with Crippen molar-refractivity contribution in [1.82, 2.24) is 24.6 Å². The summed E-state index contributed by atoms with van der Waals surface area (Å²) in [6, 6.07) is 5.18. The van der Waals surface area contributed by atoms with Gasteiger partial charge < -0.3 is 13.8 Å². The molecule has 2 aromatic heterocycles. The van der Waals surface area contributed by atoms with Crippen LogP contribution in [0.4, 0.5) is 4.39 Å². The molecule has 3 aromatic rings. The first-order valence-electron chi connectivity index (χ1n) is 9.04. The number of halogens is 1. The molecule has 2 heterocycles. The Kier molecular flexibility index (Phi) is 6.78. The van der Waals surface area contributed by atoms with Gasteiger partial charge in [-0.2, -0.15) is 0 Å². The van der Waals surface area contributed by atoms with Crippen LogP contribution in [0, 0.1) is 19.7 Å². The van der Waals surface area contributed by atoms with Crippen LogP contribution < -0.4 is 9.46 Å². The SMILES string of the molecule is Cc1noc(C)c1S(=O)(=O)N[C@@H](C)c1nnc(SCCOc2ccc(F)cc2)n1C. The molecule has 1 aromatic carbocycles. The van der Waals surface area contributed by atoms with E-state index in [-0.39, 0.29) is 16.5 Å². The molecule has 1 atom stereocenters. The smallest absolute Gasteiger partial charge is 0.246 e. The molecule has 0 aliphatic rings. The van der Waals surface area contributed by atoms with Crippen LogP contribution >= 0.6 is 11.8 Å². The van der Waals surface area contributed by atoms with E-state index in [0.29, 0.717) is 34.8 Å². The van der Waals surface area contributed by atoms with Crippen molar-refractivity contribution in [3.63, 3.8) is 0 Å². The first-order chi connectivity index (χ1) is 14.2. The van der Waals surface area contributed by atoms with Crippen molar-refractivity contribution in [2.45, 2.75) is 36.9 Å². The Morgan fingerprint density at radius 2 is 1.97 bits per heavy atom. The van der Waals surface area contributed by atoms with Crippen molar-refractivity contribution in [2.24, 2.45) is 7.05 Å². The van der Waals surface area contributed by atoms with Gasteiger partial charge in [-0.3, -0.25) is 0 Å². The van der Waals surface area contributed by atoms with Gasteiger partial charge in [0, 0.05) is 12.8 Å². The minimum Gasteiger partial charge on any atom is -0.493 e. The molecule has 0 aliphatic heterocycles. The first-order valence-corrected chi connectivity index (χ1v) is 11.5. The van der Waals surface area contributed by atoms with Crippen LogP contribution in [-0.2, 0) is 17.1 Å². The van der Waals surface area contributed by atoms with Gasteiger partial charge in [0.05, 0.1) is 12.6 Å². The molecule has 0 fully saturated rings. The van der Waals surface area contributed by atoms with Gasteiger partial charge in [0.1, 0.15) is 22.2 Å². The lowest BCUT2D eigenvalue weighted by Crippen LogP contribution is -2.29. The van der Waals surface area contributed by atoms with Crippen molar-refractivity contribution in [3.05, 3.63) is 47.4 Å². The summed E-state index contributed by atoms with van der Waals surface area (Å²) in [5.74, 6) is 1.54. The number of rotatable bonds is 9. The summed E-state index contributed by atoms with van der Waals surface area (Å²) in [4.78, 5) is 0.0315. The molecule has 0 saturated heterocycles. The van der Waals surface area contributed by atoms with Gasteiger partial charge in [0.15, 0.2) is 16.7 Å². The van der Waals surface area contributed by atoms with Gasteiger partial charge in [-0.25, -0.2) is 17.5 Å². The number of benzene rings is 1. The monoisotopic (exact) mass is 455 g/mol. The van der Waals surface area contributed by atoms with E-state index in [1.165, 1.54) is 23.9 Å². The molecule has 1 N–H and O–H groups in total. The number of aromatic nitrogens is 4. The molecule has 3 rings (SSSR count). The second-order valence-electron chi connectivity index (χ2n) is 6.55. The maximum atomic E-state index is 12.9. The summed E-state index contributed by atoms with van der Waals surface area (Å²) in [5, 5.41) is 12.6. The average Bonchev–Trinajstić information content (AvgIpc) is 3.22. The molecule has 0 bridgehead atoms. The van der Waals surface area contributed by atoms with Crippen molar-refractivity contribution >= 4 is 21.8 Å². The van der Waals surface area contributed by atoms with Gasteiger partial charge >= 0.3 is 0 Å². The maximum Gasteiger partial charge on any atom is 0.246 e. The van der Waals surface area contributed by atoms with E-state index in [2.05, 4.69) is 20.1 Å². The summed E-state index contributed by atoms with van der Waals surface area (Å²) in [5.41, 5.74) is 0.294. The molecule has 9 nitrogen and oxygen atoms in total. The first kappa shape index (κ1) is 22.2. The van der Waals surface area contributed by atoms with E-state index in [4.69, 9.17) is 9.26 Å². The fourth-order valence-corrected chi connectivity index (χ4v) is 5.12. The van der Waals surface area contributed by atoms with Gasteiger partial charge in [0.2, 0.25) is 10.0 Å². The average molecular weight is 456 g/mol. The third kappa shape index (κ3) is 4.99. The quantitative estimate of drug-likeness (QED) is 0.387. The zero-order chi connectivity index (χ0) is 21.9. The number of hydrogen-bond acceptors (Lipinski definition) is 8.